The Bertz CT molecular complexity index is 614. The van der Waals surface area contributed by atoms with Gasteiger partial charge in [0.15, 0.2) is 0 Å². The molecule has 0 radical (unpaired) electrons. The van der Waals surface area contributed by atoms with Gasteiger partial charge < -0.3 is 4.18 Å². The summed E-state index contributed by atoms with van der Waals surface area (Å²) in [6.45, 7) is 1.37. The highest BCUT2D eigenvalue weighted by molar-refractivity contribution is 7.95. The zero-order valence-electron chi connectivity index (χ0n) is 10.0. The van der Waals surface area contributed by atoms with E-state index in [2.05, 4.69) is 0 Å². The molecule has 2 nitrogen and oxygen atoms in total. The first kappa shape index (κ1) is 14.3. The number of carbonyl (C=O) groups is 1. The van der Waals surface area contributed by atoms with E-state index in [9.17, 15) is 4.79 Å². The van der Waals surface area contributed by atoms with Crippen molar-refractivity contribution in [1.29, 1.82) is 0 Å². The highest BCUT2D eigenvalue weighted by atomic mass is 35.5. The molecule has 0 saturated heterocycles. The second kappa shape index (κ2) is 6.33. The second-order valence-electron chi connectivity index (χ2n) is 3.78. The second-order valence-corrected chi connectivity index (χ2v) is 5.40. The molecular weight excluding hydrogens is 303 g/mol. The number of hydrogen-bond donors (Lipinski definition) is 0. The predicted octanol–water partition coefficient (Wildman–Crippen LogP) is 5.23. The molecule has 0 aliphatic rings. The summed E-state index contributed by atoms with van der Waals surface area (Å²) in [6, 6.07) is 12.9. The lowest BCUT2D eigenvalue weighted by Gasteiger charge is -2.10. The molecule has 0 spiro atoms. The van der Waals surface area contributed by atoms with Crippen molar-refractivity contribution in [2.75, 3.05) is 0 Å². The summed E-state index contributed by atoms with van der Waals surface area (Å²) >= 11 is 13.1. The van der Waals surface area contributed by atoms with Crippen LogP contribution in [0.5, 0.6) is 0 Å². The lowest BCUT2D eigenvalue weighted by Crippen LogP contribution is -1.91. The largest absolute Gasteiger partial charge is 0.386 e. The van der Waals surface area contributed by atoms with Crippen molar-refractivity contribution < 1.29 is 8.98 Å². The molecule has 0 N–H and O–H groups in total. The van der Waals surface area contributed by atoms with Crippen LogP contribution in [0.4, 0.5) is 0 Å². The first-order valence-corrected chi connectivity index (χ1v) is 6.97. The maximum Gasteiger partial charge on any atom is 0.315 e. The number of benzene rings is 2. The minimum atomic E-state index is -0.345. The average molecular weight is 313 g/mol. The third-order valence-corrected chi connectivity index (χ3v) is 3.76. The van der Waals surface area contributed by atoms with Gasteiger partial charge in [-0.2, -0.15) is 0 Å². The summed E-state index contributed by atoms with van der Waals surface area (Å²) in [5.41, 5.74) is 1.75. The first-order valence-electron chi connectivity index (χ1n) is 5.47. The maximum atomic E-state index is 10.9. The Morgan fingerprint density at radius 1 is 1.11 bits per heavy atom. The van der Waals surface area contributed by atoms with Crippen molar-refractivity contribution >= 4 is 41.2 Å². The Morgan fingerprint density at radius 2 is 1.84 bits per heavy atom. The summed E-state index contributed by atoms with van der Waals surface area (Å²) in [6.07, 6.45) is 0. The highest BCUT2D eigenvalue weighted by Gasteiger charge is 2.10. The number of halogens is 2. The third-order valence-electron chi connectivity index (χ3n) is 2.36. The van der Waals surface area contributed by atoms with E-state index in [1.807, 2.05) is 30.3 Å². The molecule has 2 aromatic carbocycles. The SMILES string of the molecule is CC(=O)OSc1ccccc1-c1ccc(Cl)cc1Cl. The van der Waals surface area contributed by atoms with E-state index in [0.717, 1.165) is 28.1 Å². The van der Waals surface area contributed by atoms with Crippen LogP contribution < -0.4 is 0 Å². The topological polar surface area (TPSA) is 26.3 Å². The molecule has 0 amide bonds. The number of rotatable bonds is 3. The van der Waals surface area contributed by atoms with Crippen LogP contribution in [0.15, 0.2) is 47.4 Å². The van der Waals surface area contributed by atoms with Gasteiger partial charge in [-0.1, -0.05) is 47.5 Å². The average Bonchev–Trinajstić information content (AvgIpc) is 2.37. The van der Waals surface area contributed by atoms with E-state index < -0.39 is 0 Å². The van der Waals surface area contributed by atoms with Gasteiger partial charge in [-0.3, -0.25) is 4.79 Å². The summed E-state index contributed by atoms with van der Waals surface area (Å²) in [5, 5.41) is 1.14. The van der Waals surface area contributed by atoms with Crippen LogP contribution in [0.1, 0.15) is 6.92 Å². The van der Waals surface area contributed by atoms with E-state index in [0.29, 0.717) is 10.0 Å². The molecule has 0 aliphatic heterocycles. The predicted molar refractivity (Wildman–Crippen MR) is 79.5 cm³/mol. The van der Waals surface area contributed by atoms with E-state index in [-0.39, 0.29) is 5.97 Å². The van der Waals surface area contributed by atoms with Crippen LogP contribution in [0.2, 0.25) is 10.0 Å². The first-order chi connectivity index (χ1) is 9.08. The van der Waals surface area contributed by atoms with Gasteiger partial charge in [0.25, 0.3) is 0 Å². The monoisotopic (exact) mass is 312 g/mol. The smallest absolute Gasteiger partial charge is 0.315 e. The zero-order valence-corrected chi connectivity index (χ0v) is 12.4. The van der Waals surface area contributed by atoms with Gasteiger partial charge in [-0.05, 0) is 18.2 Å². The molecule has 0 unspecified atom stereocenters. The molecular formula is C14H10Cl2O2S. The quantitative estimate of drug-likeness (QED) is 0.726. The molecule has 0 bridgehead atoms. The van der Waals surface area contributed by atoms with E-state index in [1.165, 1.54) is 6.92 Å². The Hall–Kier alpha value is -1.16. The minimum absolute atomic E-state index is 0.345. The fourth-order valence-corrected chi connectivity index (χ4v) is 2.69. The fraction of sp³-hybridized carbons (Fsp3) is 0.0714. The summed E-state index contributed by atoms with van der Waals surface area (Å²) < 4.78 is 4.96. The molecule has 19 heavy (non-hydrogen) atoms. The van der Waals surface area contributed by atoms with Crippen LogP contribution in [0.25, 0.3) is 11.1 Å². The van der Waals surface area contributed by atoms with Gasteiger partial charge in [0.1, 0.15) is 0 Å². The summed E-state index contributed by atoms with van der Waals surface area (Å²) in [5.74, 6) is -0.345. The molecule has 0 aliphatic carbocycles. The molecule has 0 heterocycles. The highest BCUT2D eigenvalue weighted by Crippen LogP contribution is 2.36. The summed E-state index contributed by atoms with van der Waals surface area (Å²) in [7, 11) is 0. The molecule has 98 valence electrons. The Morgan fingerprint density at radius 3 is 2.53 bits per heavy atom. The van der Waals surface area contributed by atoms with Crippen LogP contribution in [0, 0.1) is 0 Å². The van der Waals surface area contributed by atoms with Crippen molar-refractivity contribution in [2.24, 2.45) is 0 Å². The standard InChI is InChI=1S/C14H10Cl2O2S/c1-9(17)18-19-14-5-3-2-4-12(14)11-7-6-10(15)8-13(11)16/h2-8H,1H3. The van der Waals surface area contributed by atoms with E-state index >= 15 is 0 Å². The molecule has 2 rings (SSSR count). The number of carbonyl (C=O) groups excluding carboxylic acids is 1. The van der Waals surface area contributed by atoms with Crippen LogP contribution in [0.3, 0.4) is 0 Å². The summed E-state index contributed by atoms with van der Waals surface area (Å²) in [4.78, 5) is 11.7. The zero-order chi connectivity index (χ0) is 13.8. The molecule has 0 fully saturated rings. The lowest BCUT2D eigenvalue weighted by molar-refractivity contribution is -0.130. The Balaban J connectivity index is 2.41. The van der Waals surface area contributed by atoms with Crippen molar-refractivity contribution in [2.45, 2.75) is 11.8 Å². The van der Waals surface area contributed by atoms with Gasteiger partial charge in [0, 0.05) is 28.1 Å². The van der Waals surface area contributed by atoms with E-state index in [4.69, 9.17) is 27.4 Å². The Labute approximate surface area is 125 Å². The van der Waals surface area contributed by atoms with Gasteiger partial charge in [-0.25, -0.2) is 0 Å². The van der Waals surface area contributed by atoms with Gasteiger partial charge >= 0.3 is 5.97 Å². The van der Waals surface area contributed by atoms with E-state index in [1.54, 1.807) is 12.1 Å². The van der Waals surface area contributed by atoms with Gasteiger partial charge in [-0.15, -0.1) is 0 Å². The fourth-order valence-electron chi connectivity index (χ4n) is 1.57. The third kappa shape index (κ3) is 3.66. The van der Waals surface area contributed by atoms with Crippen LogP contribution >= 0.6 is 35.2 Å². The maximum absolute atomic E-state index is 10.9. The van der Waals surface area contributed by atoms with Crippen molar-refractivity contribution in [3.8, 4) is 11.1 Å². The van der Waals surface area contributed by atoms with Gasteiger partial charge in [0.05, 0.1) is 16.9 Å². The number of hydrogen-bond acceptors (Lipinski definition) is 3. The minimum Gasteiger partial charge on any atom is -0.386 e. The lowest BCUT2D eigenvalue weighted by atomic mass is 10.1. The molecule has 5 heteroatoms. The normalized spacial score (nSPS) is 10.3. The van der Waals surface area contributed by atoms with Gasteiger partial charge in [0.2, 0.25) is 0 Å². The molecule has 0 saturated carbocycles. The molecule has 0 aromatic heterocycles. The van der Waals surface area contributed by atoms with Crippen molar-refractivity contribution in [3.05, 3.63) is 52.5 Å². The van der Waals surface area contributed by atoms with Crippen molar-refractivity contribution in [1.82, 2.24) is 0 Å². The Kier molecular flexibility index (Phi) is 4.75. The molecule has 2 aromatic rings. The molecule has 0 atom stereocenters. The van der Waals surface area contributed by atoms with Crippen LogP contribution in [-0.2, 0) is 8.98 Å². The van der Waals surface area contributed by atoms with Crippen LogP contribution in [-0.4, -0.2) is 5.97 Å². The van der Waals surface area contributed by atoms with Crippen molar-refractivity contribution in [3.63, 3.8) is 0 Å².